The molecule has 0 fully saturated rings. The molecule has 0 radical (unpaired) electrons. The van der Waals surface area contributed by atoms with Gasteiger partial charge in [0.2, 0.25) is 11.7 Å². The van der Waals surface area contributed by atoms with E-state index in [1.807, 2.05) is 13.8 Å². The minimum atomic E-state index is -0.859. The summed E-state index contributed by atoms with van der Waals surface area (Å²) in [4.78, 5) is 19.1. The molecule has 0 spiro atoms. The second kappa shape index (κ2) is 5.58. The van der Waals surface area contributed by atoms with Crippen LogP contribution in [0.15, 0.2) is 22.9 Å². The third-order valence-electron chi connectivity index (χ3n) is 2.70. The number of hydrogen-bond donors (Lipinski definition) is 1. The molecule has 0 bridgehead atoms. The van der Waals surface area contributed by atoms with E-state index in [0.717, 1.165) is 0 Å². The Morgan fingerprint density at radius 1 is 1.50 bits per heavy atom. The van der Waals surface area contributed by atoms with Crippen molar-refractivity contribution in [3.8, 4) is 11.5 Å². The highest BCUT2D eigenvalue weighted by Crippen LogP contribution is 2.27. The minimum absolute atomic E-state index is 0.0229. The number of pyridine rings is 1. The van der Waals surface area contributed by atoms with Crippen molar-refractivity contribution in [2.24, 2.45) is 5.41 Å². The molecule has 2 aromatic rings. The summed E-state index contributed by atoms with van der Waals surface area (Å²) in [6.45, 7) is 3.66. The smallest absolute Gasteiger partial charge is 0.303 e. The monoisotopic (exact) mass is 295 g/mol. The van der Waals surface area contributed by atoms with Crippen molar-refractivity contribution in [2.45, 2.75) is 26.7 Å². The molecule has 0 aliphatic heterocycles. The van der Waals surface area contributed by atoms with E-state index < -0.39 is 11.4 Å². The van der Waals surface area contributed by atoms with Crippen LogP contribution in [0.2, 0.25) is 5.02 Å². The van der Waals surface area contributed by atoms with Gasteiger partial charge in [-0.25, -0.2) is 0 Å². The molecule has 0 unspecified atom stereocenters. The number of rotatable bonds is 5. The number of aliphatic carboxylic acids is 1. The van der Waals surface area contributed by atoms with Crippen molar-refractivity contribution >= 4 is 17.6 Å². The molecule has 0 saturated carbocycles. The van der Waals surface area contributed by atoms with Gasteiger partial charge < -0.3 is 9.63 Å². The SMILES string of the molecule is CC(C)(CC(=O)O)Cc1nc(-c2ncccc2Cl)no1. The third kappa shape index (κ3) is 3.54. The van der Waals surface area contributed by atoms with E-state index in [1.165, 1.54) is 0 Å². The molecule has 2 heterocycles. The van der Waals surface area contributed by atoms with E-state index in [1.54, 1.807) is 18.3 Å². The number of hydrogen-bond acceptors (Lipinski definition) is 5. The zero-order valence-electron chi connectivity index (χ0n) is 11.1. The van der Waals surface area contributed by atoms with Gasteiger partial charge in [-0.2, -0.15) is 4.98 Å². The van der Waals surface area contributed by atoms with Gasteiger partial charge >= 0.3 is 5.97 Å². The number of aromatic nitrogens is 3. The van der Waals surface area contributed by atoms with Gasteiger partial charge in [-0.1, -0.05) is 30.6 Å². The molecule has 2 rings (SSSR count). The van der Waals surface area contributed by atoms with Crippen LogP contribution in [0.4, 0.5) is 0 Å². The number of nitrogens with zero attached hydrogens (tertiary/aromatic N) is 3. The Kier molecular flexibility index (Phi) is 4.04. The number of carbonyl (C=O) groups is 1. The molecular formula is C13H14ClN3O3. The van der Waals surface area contributed by atoms with Gasteiger partial charge in [-0.05, 0) is 17.5 Å². The zero-order valence-corrected chi connectivity index (χ0v) is 11.9. The fourth-order valence-electron chi connectivity index (χ4n) is 1.85. The Balaban J connectivity index is 2.18. The first-order valence-electron chi connectivity index (χ1n) is 6.03. The average Bonchev–Trinajstić information content (AvgIpc) is 2.75. The van der Waals surface area contributed by atoms with E-state index in [0.29, 0.717) is 28.9 Å². The molecule has 0 amide bonds. The molecule has 0 aliphatic carbocycles. The van der Waals surface area contributed by atoms with E-state index in [4.69, 9.17) is 21.2 Å². The van der Waals surface area contributed by atoms with Crippen LogP contribution in [-0.4, -0.2) is 26.2 Å². The average molecular weight is 296 g/mol. The Morgan fingerprint density at radius 3 is 2.90 bits per heavy atom. The summed E-state index contributed by atoms with van der Waals surface area (Å²) in [6, 6.07) is 3.40. The van der Waals surface area contributed by atoms with E-state index in [-0.39, 0.29) is 6.42 Å². The summed E-state index contributed by atoms with van der Waals surface area (Å²) < 4.78 is 5.14. The van der Waals surface area contributed by atoms with E-state index >= 15 is 0 Å². The summed E-state index contributed by atoms with van der Waals surface area (Å²) in [7, 11) is 0. The van der Waals surface area contributed by atoms with Gasteiger partial charge in [0, 0.05) is 12.6 Å². The van der Waals surface area contributed by atoms with Crippen molar-refractivity contribution in [2.75, 3.05) is 0 Å². The summed E-state index contributed by atoms with van der Waals surface area (Å²) in [6.07, 6.45) is 1.98. The molecule has 1 N–H and O–H groups in total. The summed E-state index contributed by atoms with van der Waals surface area (Å²) in [5.41, 5.74) is -0.0241. The van der Waals surface area contributed by atoms with Gasteiger partial charge in [-0.15, -0.1) is 0 Å². The molecule has 0 atom stereocenters. The van der Waals surface area contributed by atoms with Crippen LogP contribution >= 0.6 is 11.6 Å². The number of carboxylic acid groups (broad SMARTS) is 1. The second-order valence-corrected chi connectivity index (χ2v) is 5.66. The predicted molar refractivity (Wildman–Crippen MR) is 72.3 cm³/mol. The Labute approximate surface area is 120 Å². The molecule has 20 heavy (non-hydrogen) atoms. The standard InChI is InChI=1S/C13H14ClN3O3/c1-13(2,7-10(18)19)6-9-16-12(17-20-9)11-8(14)4-3-5-15-11/h3-5H,6-7H2,1-2H3,(H,18,19). The van der Waals surface area contributed by atoms with Gasteiger partial charge in [0.15, 0.2) is 0 Å². The number of halogens is 1. The van der Waals surface area contributed by atoms with Gasteiger partial charge in [0.1, 0.15) is 5.69 Å². The van der Waals surface area contributed by atoms with Crippen molar-refractivity contribution in [1.29, 1.82) is 0 Å². The maximum Gasteiger partial charge on any atom is 0.303 e. The molecule has 0 aliphatic rings. The first-order valence-corrected chi connectivity index (χ1v) is 6.40. The van der Waals surface area contributed by atoms with Crippen molar-refractivity contribution in [3.63, 3.8) is 0 Å². The van der Waals surface area contributed by atoms with Crippen LogP contribution in [0, 0.1) is 5.41 Å². The topological polar surface area (TPSA) is 89.1 Å². The fraction of sp³-hybridized carbons (Fsp3) is 0.385. The summed E-state index contributed by atoms with van der Waals surface area (Å²) in [5.74, 6) is -0.188. The summed E-state index contributed by atoms with van der Waals surface area (Å²) in [5, 5.41) is 13.1. The Hall–Kier alpha value is -1.95. The Bertz CT molecular complexity index is 625. The lowest BCUT2D eigenvalue weighted by Gasteiger charge is -2.19. The van der Waals surface area contributed by atoms with Crippen LogP contribution in [0.1, 0.15) is 26.2 Å². The largest absolute Gasteiger partial charge is 0.481 e. The van der Waals surface area contributed by atoms with E-state index in [9.17, 15) is 4.79 Å². The molecular weight excluding hydrogens is 282 g/mol. The fourth-order valence-corrected chi connectivity index (χ4v) is 2.06. The molecule has 6 nitrogen and oxygen atoms in total. The normalized spacial score (nSPS) is 11.6. The third-order valence-corrected chi connectivity index (χ3v) is 3.00. The predicted octanol–water partition coefficient (Wildman–Crippen LogP) is 2.83. The highest BCUT2D eigenvalue weighted by atomic mass is 35.5. The zero-order chi connectivity index (χ0) is 14.8. The van der Waals surface area contributed by atoms with Crippen LogP contribution in [0.25, 0.3) is 11.5 Å². The highest BCUT2D eigenvalue weighted by molar-refractivity contribution is 6.32. The van der Waals surface area contributed by atoms with Crippen LogP contribution in [0.5, 0.6) is 0 Å². The highest BCUT2D eigenvalue weighted by Gasteiger charge is 2.25. The first-order chi connectivity index (χ1) is 9.37. The number of carboxylic acids is 1. The molecule has 2 aromatic heterocycles. The maximum absolute atomic E-state index is 10.8. The molecule has 7 heteroatoms. The molecule has 0 aromatic carbocycles. The van der Waals surface area contributed by atoms with Gasteiger partial charge in [0.05, 0.1) is 11.4 Å². The Morgan fingerprint density at radius 2 is 2.25 bits per heavy atom. The van der Waals surface area contributed by atoms with Crippen LogP contribution < -0.4 is 0 Å². The van der Waals surface area contributed by atoms with Crippen molar-refractivity contribution in [3.05, 3.63) is 29.2 Å². The van der Waals surface area contributed by atoms with E-state index in [2.05, 4.69) is 15.1 Å². The van der Waals surface area contributed by atoms with Gasteiger partial charge in [-0.3, -0.25) is 9.78 Å². The molecule has 0 saturated heterocycles. The lowest BCUT2D eigenvalue weighted by atomic mass is 9.86. The van der Waals surface area contributed by atoms with Crippen molar-refractivity contribution < 1.29 is 14.4 Å². The minimum Gasteiger partial charge on any atom is -0.481 e. The lowest BCUT2D eigenvalue weighted by Crippen LogP contribution is -2.19. The molecule has 106 valence electrons. The first kappa shape index (κ1) is 14.5. The second-order valence-electron chi connectivity index (χ2n) is 5.26. The van der Waals surface area contributed by atoms with Crippen molar-refractivity contribution in [1.82, 2.24) is 15.1 Å². The maximum atomic E-state index is 10.8. The quantitative estimate of drug-likeness (QED) is 0.912. The van der Waals surface area contributed by atoms with Crippen LogP contribution in [0.3, 0.4) is 0 Å². The lowest BCUT2D eigenvalue weighted by molar-refractivity contribution is -0.139. The van der Waals surface area contributed by atoms with Gasteiger partial charge in [0.25, 0.3) is 0 Å². The van der Waals surface area contributed by atoms with Crippen LogP contribution in [-0.2, 0) is 11.2 Å². The summed E-state index contributed by atoms with van der Waals surface area (Å²) >= 11 is 6.01.